The molecule has 1 aromatic rings. The first-order chi connectivity index (χ1) is 7.11. The van der Waals surface area contributed by atoms with Gasteiger partial charge in [0.2, 0.25) is 0 Å². The summed E-state index contributed by atoms with van der Waals surface area (Å²) in [4.78, 5) is 11.7. The first-order valence-corrected chi connectivity index (χ1v) is 5.43. The summed E-state index contributed by atoms with van der Waals surface area (Å²) in [5.41, 5.74) is 1.00. The van der Waals surface area contributed by atoms with Crippen LogP contribution in [-0.4, -0.2) is 12.3 Å². The number of carbonyl (C=O) groups is 1. The Kier molecular flexibility index (Phi) is 4.35. The maximum absolute atomic E-state index is 11.7. The highest BCUT2D eigenvalue weighted by atomic mass is 16.1. The van der Waals surface area contributed by atoms with Crippen LogP contribution in [0.5, 0.6) is 0 Å². The van der Waals surface area contributed by atoms with E-state index in [1.54, 1.807) is 0 Å². The van der Waals surface area contributed by atoms with Gasteiger partial charge in [0.25, 0.3) is 0 Å². The van der Waals surface area contributed by atoms with Gasteiger partial charge in [0, 0.05) is 11.6 Å². The molecule has 0 heterocycles. The third kappa shape index (κ3) is 3.74. The first-order valence-electron chi connectivity index (χ1n) is 5.43. The summed E-state index contributed by atoms with van der Waals surface area (Å²) in [6.45, 7) is 6.55. The van der Waals surface area contributed by atoms with Crippen LogP contribution >= 0.6 is 0 Å². The lowest BCUT2D eigenvalue weighted by molar-refractivity contribution is -0.121. The van der Waals surface area contributed by atoms with Gasteiger partial charge >= 0.3 is 0 Å². The van der Waals surface area contributed by atoms with Crippen LogP contribution in [0.1, 0.15) is 20.8 Å². The second-order valence-corrected chi connectivity index (χ2v) is 4.22. The van der Waals surface area contributed by atoms with Crippen molar-refractivity contribution in [3.8, 4) is 0 Å². The van der Waals surface area contributed by atoms with Crippen molar-refractivity contribution in [2.45, 2.75) is 20.8 Å². The number of benzene rings is 1. The number of ketones is 1. The number of rotatable bonds is 5. The molecule has 0 saturated heterocycles. The van der Waals surface area contributed by atoms with E-state index in [1.165, 1.54) is 0 Å². The molecule has 1 atom stereocenters. The highest BCUT2D eigenvalue weighted by molar-refractivity contribution is 5.85. The average molecular weight is 205 g/mol. The summed E-state index contributed by atoms with van der Waals surface area (Å²) >= 11 is 0. The summed E-state index contributed by atoms with van der Waals surface area (Å²) in [6, 6.07) is 9.81. The SMILES string of the molecule is CC(C)C(C)C(=O)CNc1ccccc1. The molecule has 0 bridgehead atoms. The van der Waals surface area contributed by atoms with Crippen LogP contribution in [0.4, 0.5) is 5.69 Å². The molecule has 2 heteroatoms. The lowest BCUT2D eigenvalue weighted by Crippen LogP contribution is -2.24. The van der Waals surface area contributed by atoms with E-state index in [0.717, 1.165) is 5.69 Å². The van der Waals surface area contributed by atoms with E-state index in [4.69, 9.17) is 0 Å². The fraction of sp³-hybridized carbons (Fsp3) is 0.462. The van der Waals surface area contributed by atoms with Gasteiger partial charge in [-0.25, -0.2) is 0 Å². The molecule has 0 fully saturated rings. The van der Waals surface area contributed by atoms with Crippen molar-refractivity contribution >= 4 is 11.5 Å². The molecule has 0 spiro atoms. The van der Waals surface area contributed by atoms with Crippen molar-refractivity contribution in [3.05, 3.63) is 30.3 Å². The number of carbonyl (C=O) groups excluding carboxylic acids is 1. The van der Waals surface area contributed by atoms with E-state index in [2.05, 4.69) is 19.2 Å². The van der Waals surface area contributed by atoms with Crippen LogP contribution in [0, 0.1) is 11.8 Å². The van der Waals surface area contributed by atoms with Gasteiger partial charge in [-0.2, -0.15) is 0 Å². The zero-order valence-corrected chi connectivity index (χ0v) is 9.66. The molecule has 0 amide bonds. The van der Waals surface area contributed by atoms with Crippen LogP contribution in [-0.2, 0) is 4.79 Å². The first kappa shape index (κ1) is 11.8. The predicted octanol–water partition coefficient (Wildman–Crippen LogP) is 2.96. The number of Topliss-reactive ketones (excluding diaryl/α,β-unsaturated/α-hetero) is 1. The minimum Gasteiger partial charge on any atom is -0.378 e. The van der Waals surface area contributed by atoms with Crippen LogP contribution in [0.15, 0.2) is 30.3 Å². The molecule has 0 aliphatic carbocycles. The van der Waals surface area contributed by atoms with Crippen molar-refractivity contribution < 1.29 is 4.79 Å². The third-order valence-corrected chi connectivity index (χ3v) is 2.75. The zero-order chi connectivity index (χ0) is 11.3. The van der Waals surface area contributed by atoms with Gasteiger partial charge in [-0.1, -0.05) is 39.0 Å². The minimum atomic E-state index is 0.126. The summed E-state index contributed by atoms with van der Waals surface area (Å²) in [7, 11) is 0. The summed E-state index contributed by atoms with van der Waals surface area (Å²) in [5.74, 6) is 0.810. The zero-order valence-electron chi connectivity index (χ0n) is 9.66. The molecule has 82 valence electrons. The fourth-order valence-corrected chi connectivity index (χ4v) is 1.28. The summed E-state index contributed by atoms with van der Waals surface area (Å²) < 4.78 is 0. The lowest BCUT2D eigenvalue weighted by atomic mass is 9.93. The number of nitrogens with one attached hydrogen (secondary N) is 1. The predicted molar refractivity (Wildman–Crippen MR) is 63.9 cm³/mol. The third-order valence-electron chi connectivity index (χ3n) is 2.75. The van der Waals surface area contributed by atoms with Gasteiger partial charge in [-0.3, -0.25) is 4.79 Å². The molecule has 1 rings (SSSR count). The highest BCUT2D eigenvalue weighted by Crippen LogP contribution is 2.11. The van der Waals surface area contributed by atoms with Crippen molar-refractivity contribution in [3.63, 3.8) is 0 Å². The molecule has 0 saturated carbocycles. The number of hydrogen-bond acceptors (Lipinski definition) is 2. The van der Waals surface area contributed by atoms with E-state index in [0.29, 0.717) is 12.5 Å². The number of para-hydroxylation sites is 1. The van der Waals surface area contributed by atoms with Crippen molar-refractivity contribution in [1.29, 1.82) is 0 Å². The Morgan fingerprint density at radius 2 is 1.80 bits per heavy atom. The van der Waals surface area contributed by atoms with Gasteiger partial charge in [-0.15, -0.1) is 0 Å². The van der Waals surface area contributed by atoms with Crippen LogP contribution < -0.4 is 5.32 Å². The van der Waals surface area contributed by atoms with Crippen molar-refractivity contribution in [2.75, 3.05) is 11.9 Å². The molecule has 2 nitrogen and oxygen atoms in total. The molecule has 0 aromatic heterocycles. The van der Waals surface area contributed by atoms with E-state index >= 15 is 0 Å². The van der Waals surface area contributed by atoms with Crippen molar-refractivity contribution in [2.24, 2.45) is 11.8 Å². The topological polar surface area (TPSA) is 29.1 Å². The molecule has 0 radical (unpaired) electrons. The van der Waals surface area contributed by atoms with Gasteiger partial charge in [0.15, 0.2) is 5.78 Å². The van der Waals surface area contributed by atoms with Crippen LogP contribution in [0.3, 0.4) is 0 Å². The Balaban J connectivity index is 2.41. The second kappa shape index (κ2) is 5.54. The van der Waals surface area contributed by atoms with Crippen LogP contribution in [0.2, 0.25) is 0 Å². The highest BCUT2D eigenvalue weighted by Gasteiger charge is 2.15. The smallest absolute Gasteiger partial charge is 0.154 e. The number of hydrogen-bond donors (Lipinski definition) is 1. The standard InChI is InChI=1S/C13H19NO/c1-10(2)11(3)13(15)9-14-12-7-5-4-6-8-12/h4-8,10-11,14H,9H2,1-3H3. The largest absolute Gasteiger partial charge is 0.378 e. The van der Waals surface area contributed by atoms with E-state index in [-0.39, 0.29) is 11.7 Å². The summed E-state index contributed by atoms with van der Waals surface area (Å²) in [5, 5.41) is 3.13. The molecule has 1 aromatic carbocycles. The second-order valence-electron chi connectivity index (χ2n) is 4.22. The fourth-order valence-electron chi connectivity index (χ4n) is 1.28. The van der Waals surface area contributed by atoms with Gasteiger partial charge < -0.3 is 5.32 Å². The van der Waals surface area contributed by atoms with E-state index in [1.807, 2.05) is 37.3 Å². The lowest BCUT2D eigenvalue weighted by Gasteiger charge is -2.14. The molecule has 15 heavy (non-hydrogen) atoms. The Hall–Kier alpha value is -1.31. The Bertz CT molecular complexity index is 306. The van der Waals surface area contributed by atoms with E-state index in [9.17, 15) is 4.79 Å². The van der Waals surface area contributed by atoms with Crippen LogP contribution in [0.25, 0.3) is 0 Å². The minimum absolute atomic E-state index is 0.126. The van der Waals surface area contributed by atoms with E-state index < -0.39 is 0 Å². The molecule has 0 aliphatic rings. The quantitative estimate of drug-likeness (QED) is 0.800. The normalized spacial score (nSPS) is 12.5. The molecular formula is C13H19NO. The van der Waals surface area contributed by atoms with Gasteiger partial charge in [0.1, 0.15) is 0 Å². The molecular weight excluding hydrogens is 186 g/mol. The Morgan fingerprint density at radius 1 is 1.20 bits per heavy atom. The average Bonchev–Trinajstić information content (AvgIpc) is 2.26. The van der Waals surface area contributed by atoms with Crippen molar-refractivity contribution in [1.82, 2.24) is 0 Å². The van der Waals surface area contributed by atoms with Gasteiger partial charge in [0.05, 0.1) is 6.54 Å². The molecule has 1 N–H and O–H groups in total. The Labute approximate surface area is 91.7 Å². The summed E-state index contributed by atoms with van der Waals surface area (Å²) in [6.07, 6.45) is 0. The Morgan fingerprint density at radius 3 is 2.33 bits per heavy atom. The number of anilines is 1. The monoisotopic (exact) mass is 205 g/mol. The maximum Gasteiger partial charge on any atom is 0.154 e. The molecule has 1 unspecified atom stereocenters. The van der Waals surface area contributed by atoms with Gasteiger partial charge in [-0.05, 0) is 18.1 Å². The molecule has 0 aliphatic heterocycles. The maximum atomic E-state index is 11.7.